The molecule has 1 fully saturated rings. The summed E-state index contributed by atoms with van der Waals surface area (Å²) in [7, 11) is 0. The van der Waals surface area contributed by atoms with Crippen LogP contribution in [0.3, 0.4) is 0 Å². The van der Waals surface area contributed by atoms with Gasteiger partial charge in [0, 0.05) is 19.1 Å². The highest BCUT2D eigenvalue weighted by Crippen LogP contribution is 2.12. The minimum absolute atomic E-state index is 0.00319. The summed E-state index contributed by atoms with van der Waals surface area (Å²) in [5.74, 6) is 0.886. The molecule has 0 bridgehead atoms. The minimum Gasteiger partial charge on any atom is -0.469 e. The van der Waals surface area contributed by atoms with Gasteiger partial charge in [-0.3, -0.25) is 4.79 Å². The molecule has 1 aromatic rings. The maximum absolute atomic E-state index is 11.7. The molecule has 1 amide bonds. The fourth-order valence-corrected chi connectivity index (χ4v) is 1.90. The van der Waals surface area contributed by atoms with Crippen molar-refractivity contribution in [2.75, 3.05) is 6.61 Å². The standard InChI is InChI=1S/C12H17NO3/c1-9(8-10-4-2-6-15-10)13-12(14)11-5-3-7-16-11/h2,4,6,9,11H,3,5,7-8H2,1H3,(H,13,14)/t9-,11-/m1/s1. The molecular weight excluding hydrogens is 206 g/mol. The van der Waals surface area contributed by atoms with E-state index in [1.165, 1.54) is 0 Å². The van der Waals surface area contributed by atoms with Crippen molar-refractivity contribution in [1.29, 1.82) is 0 Å². The van der Waals surface area contributed by atoms with Gasteiger partial charge < -0.3 is 14.5 Å². The van der Waals surface area contributed by atoms with Crippen LogP contribution in [0.15, 0.2) is 22.8 Å². The molecule has 16 heavy (non-hydrogen) atoms. The van der Waals surface area contributed by atoms with Gasteiger partial charge in [-0.2, -0.15) is 0 Å². The number of hydrogen-bond donors (Lipinski definition) is 1. The van der Waals surface area contributed by atoms with Gasteiger partial charge in [0.05, 0.1) is 6.26 Å². The Balaban J connectivity index is 1.78. The van der Waals surface area contributed by atoms with Crippen molar-refractivity contribution in [3.05, 3.63) is 24.2 Å². The SMILES string of the molecule is C[C@H](Cc1ccco1)NC(=O)[C@H]1CCCO1. The van der Waals surface area contributed by atoms with Crippen LogP contribution in [0.4, 0.5) is 0 Å². The second-order valence-corrected chi connectivity index (χ2v) is 4.19. The molecule has 4 nitrogen and oxygen atoms in total. The normalized spacial score (nSPS) is 21.9. The van der Waals surface area contributed by atoms with Crippen molar-refractivity contribution >= 4 is 5.91 Å². The van der Waals surface area contributed by atoms with Crippen molar-refractivity contribution < 1.29 is 13.9 Å². The van der Waals surface area contributed by atoms with Gasteiger partial charge in [-0.05, 0) is 31.9 Å². The summed E-state index contributed by atoms with van der Waals surface area (Å²) in [5, 5.41) is 2.94. The summed E-state index contributed by atoms with van der Waals surface area (Å²) in [5.41, 5.74) is 0. The van der Waals surface area contributed by atoms with Gasteiger partial charge in [0.15, 0.2) is 0 Å². The number of ether oxygens (including phenoxy) is 1. The van der Waals surface area contributed by atoms with Crippen LogP contribution in [0.1, 0.15) is 25.5 Å². The van der Waals surface area contributed by atoms with E-state index in [0.29, 0.717) is 13.0 Å². The van der Waals surface area contributed by atoms with E-state index in [1.54, 1.807) is 6.26 Å². The molecule has 0 unspecified atom stereocenters. The molecule has 0 aromatic carbocycles. The van der Waals surface area contributed by atoms with Crippen LogP contribution in [0.25, 0.3) is 0 Å². The van der Waals surface area contributed by atoms with E-state index in [2.05, 4.69) is 5.32 Å². The Morgan fingerprint density at radius 3 is 3.19 bits per heavy atom. The van der Waals surface area contributed by atoms with Gasteiger partial charge in [0.25, 0.3) is 0 Å². The summed E-state index contributed by atoms with van der Waals surface area (Å²) in [6.45, 7) is 2.67. The number of rotatable bonds is 4. The first-order chi connectivity index (χ1) is 7.75. The van der Waals surface area contributed by atoms with Crippen molar-refractivity contribution in [2.45, 2.75) is 38.3 Å². The average Bonchev–Trinajstić information content (AvgIpc) is 2.88. The summed E-state index contributed by atoms with van der Waals surface area (Å²) in [6.07, 6.45) is 3.92. The summed E-state index contributed by atoms with van der Waals surface area (Å²) >= 11 is 0. The third kappa shape index (κ3) is 2.85. The fraction of sp³-hybridized carbons (Fsp3) is 0.583. The van der Waals surface area contributed by atoms with E-state index in [4.69, 9.17) is 9.15 Å². The molecule has 1 aromatic heterocycles. The van der Waals surface area contributed by atoms with E-state index in [-0.39, 0.29) is 18.1 Å². The Hall–Kier alpha value is -1.29. The van der Waals surface area contributed by atoms with Crippen molar-refractivity contribution in [1.82, 2.24) is 5.32 Å². The molecule has 0 saturated carbocycles. The van der Waals surface area contributed by atoms with E-state index in [1.807, 2.05) is 19.1 Å². The van der Waals surface area contributed by atoms with Crippen LogP contribution >= 0.6 is 0 Å². The van der Waals surface area contributed by atoms with Gasteiger partial charge in [-0.25, -0.2) is 0 Å². The first-order valence-corrected chi connectivity index (χ1v) is 5.70. The van der Waals surface area contributed by atoms with Crippen molar-refractivity contribution in [3.8, 4) is 0 Å². The summed E-state index contributed by atoms with van der Waals surface area (Å²) < 4.78 is 10.5. The Morgan fingerprint density at radius 2 is 2.56 bits per heavy atom. The molecule has 1 saturated heterocycles. The third-order valence-electron chi connectivity index (χ3n) is 2.70. The lowest BCUT2D eigenvalue weighted by molar-refractivity contribution is -0.130. The molecule has 4 heteroatoms. The van der Waals surface area contributed by atoms with Gasteiger partial charge in [-0.15, -0.1) is 0 Å². The Labute approximate surface area is 95.0 Å². The predicted octanol–water partition coefficient (Wildman–Crippen LogP) is 1.51. The molecule has 1 aliphatic heterocycles. The third-order valence-corrected chi connectivity index (χ3v) is 2.70. The maximum Gasteiger partial charge on any atom is 0.249 e. The summed E-state index contributed by atoms with van der Waals surface area (Å²) in [4.78, 5) is 11.7. The number of furan rings is 1. The van der Waals surface area contributed by atoms with Crippen LogP contribution in [-0.4, -0.2) is 24.7 Å². The molecule has 2 atom stereocenters. The Kier molecular flexibility index (Phi) is 3.62. The molecule has 2 heterocycles. The molecule has 0 spiro atoms. The average molecular weight is 223 g/mol. The topological polar surface area (TPSA) is 51.5 Å². The number of hydrogen-bond acceptors (Lipinski definition) is 3. The van der Waals surface area contributed by atoms with Gasteiger partial charge in [-0.1, -0.05) is 0 Å². The molecule has 2 rings (SSSR count). The maximum atomic E-state index is 11.7. The largest absolute Gasteiger partial charge is 0.469 e. The highest BCUT2D eigenvalue weighted by Gasteiger charge is 2.24. The Morgan fingerprint density at radius 1 is 1.69 bits per heavy atom. The number of nitrogens with one attached hydrogen (secondary N) is 1. The summed E-state index contributed by atoms with van der Waals surface area (Å²) in [6, 6.07) is 3.83. The zero-order valence-corrected chi connectivity index (χ0v) is 9.44. The number of carbonyl (C=O) groups is 1. The minimum atomic E-state index is -0.251. The van der Waals surface area contributed by atoms with Crippen molar-refractivity contribution in [2.24, 2.45) is 0 Å². The van der Waals surface area contributed by atoms with Gasteiger partial charge >= 0.3 is 0 Å². The second kappa shape index (κ2) is 5.16. The zero-order chi connectivity index (χ0) is 11.4. The lowest BCUT2D eigenvalue weighted by Gasteiger charge is -2.15. The molecule has 0 radical (unpaired) electrons. The number of carbonyl (C=O) groups excluding carboxylic acids is 1. The first-order valence-electron chi connectivity index (χ1n) is 5.70. The van der Waals surface area contributed by atoms with Gasteiger partial charge in [0.1, 0.15) is 11.9 Å². The fourth-order valence-electron chi connectivity index (χ4n) is 1.90. The predicted molar refractivity (Wildman–Crippen MR) is 59.0 cm³/mol. The smallest absolute Gasteiger partial charge is 0.249 e. The first kappa shape index (κ1) is 11.2. The molecule has 1 aliphatic rings. The molecule has 88 valence electrons. The quantitative estimate of drug-likeness (QED) is 0.841. The van der Waals surface area contributed by atoms with E-state index >= 15 is 0 Å². The molecule has 1 N–H and O–H groups in total. The van der Waals surface area contributed by atoms with E-state index in [0.717, 1.165) is 18.6 Å². The monoisotopic (exact) mass is 223 g/mol. The number of amides is 1. The van der Waals surface area contributed by atoms with E-state index < -0.39 is 0 Å². The van der Waals surface area contributed by atoms with E-state index in [9.17, 15) is 4.79 Å². The van der Waals surface area contributed by atoms with Crippen LogP contribution in [0.2, 0.25) is 0 Å². The van der Waals surface area contributed by atoms with Crippen LogP contribution in [-0.2, 0) is 16.0 Å². The zero-order valence-electron chi connectivity index (χ0n) is 9.44. The van der Waals surface area contributed by atoms with Crippen molar-refractivity contribution in [3.63, 3.8) is 0 Å². The van der Waals surface area contributed by atoms with Crippen LogP contribution in [0.5, 0.6) is 0 Å². The van der Waals surface area contributed by atoms with Crippen LogP contribution in [0, 0.1) is 0 Å². The molecular formula is C12H17NO3. The molecule has 0 aliphatic carbocycles. The lowest BCUT2D eigenvalue weighted by Crippen LogP contribution is -2.40. The van der Waals surface area contributed by atoms with Crippen LogP contribution < -0.4 is 5.32 Å². The highest BCUT2D eigenvalue weighted by atomic mass is 16.5. The van der Waals surface area contributed by atoms with Gasteiger partial charge in [0.2, 0.25) is 5.91 Å². The Bertz CT molecular complexity index is 328. The highest BCUT2D eigenvalue weighted by molar-refractivity contribution is 5.81. The second-order valence-electron chi connectivity index (χ2n) is 4.19. The lowest BCUT2D eigenvalue weighted by atomic mass is 10.1.